The summed E-state index contributed by atoms with van der Waals surface area (Å²) >= 11 is 5.88. The zero-order valence-corrected chi connectivity index (χ0v) is 11.2. The van der Waals surface area contributed by atoms with Crippen molar-refractivity contribution in [3.63, 3.8) is 0 Å². The highest BCUT2D eigenvalue weighted by Crippen LogP contribution is 2.21. The number of nitrogens with one attached hydrogen (secondary N) is 1. The third kappa shape index (κ3) is 3.10. The van der Waals surface area contributed by atoms with Gasteiger partial charge in [-0.15, -0.1) is 0 Å². The fourth-order valence-electron chi connectivity index (χ4n) is 1.60. The third-order valence-corrected chi connectivity index (χ3v) is 2.84. The number of carbonyl (C=O) groups excluding carboxylic acids is 1. The van der Waals surface area contributed by atoms with Gasteiger partial charge in [-0.25, -0.2) is 4.98 Å². The van der Waals surface area contributed by atoms with Crippen LogP contribution in [0.4, 0.5) is 11.4 Å². The SMILES string of the molecule is Cc1cnc(Cl)c(NC(=O)c2cccc([N+](=O)[O-])c2)c1. The molecule has 0 saturated carbocycles. The Morgan fingerprint density at radius 2 is 2.15 bits per heavy atom. The van der Waals surface area contributed by atoms with Gasteiger partial charge in [0.2, 0.25) is 0 Å². The maximum Gasteiger partial charge on any atom is 0.270 e. The van der Waals surface area contributed by atoms with Crippen LogP contribution in [0.15, 0.2) is 36.5 Å². The number of non-ortho nitro benzene ring substituents is 1. The summed E-state index contributed by atoms with van der Waals surface area (Å²) in [5, 5.41) is 13.4. The Hall–Kier alpha value is -2.47. The van der Waals surface area contributed by atoms with E-state index in [1.165, 1.54) is 24.3 Å². The first-order valence-electron chi connectivity index (χ1n) is 5.65. The molecule has 0 bridgehead atoms. The van der Waals surface area contributed by atoms with Crippen LogP contribution in [0.2, 0.25) is 5.15 Å². The molecule has 6 nitrogen and oxygen atoms in total. The molecule has 0 fully saturated rings. The maximum atomic E-state index is 12.0. The van der Waals surface area contributed by atoms with E-state index in [1.807, 2.05) is 6.92 Å². The summed E-state index contributed by atoms with van der Waals surface area (Å²) < 4.78 is 0. The van der Waals surface area contributed by atoms with Gasteiger partial charge in [0.15, 0.2) is 5.15 Å². The van der Waals surface area contributed by atoms with E-state index in [0.29, 0.717) is 5.69 Å². The number of halogens is 1. The van der Waals surface area contributed by atoms with Crippen molar-refractivity contribution in [2.75, 3.05) is 5.32 Å². The average Bonchev–Trinajstić information content (AvgIpc) is 2.43. The highest BCUT2D eigenvalue weighted by Gasteiger charge is 2.13. The molecule has 1 amide bonds. The molecule has 0 aliphatic heterocycles. The highest BCUT2D eigenvalue weighted by atomic mass is 35.5. The summed E-state index contributed by atoms with van der Waals surface area (Å²) in [6.45, 7) is 1.81. The van der Waals surface area contributed by atoms with Gasteiger partial charge < -0.3 is 5.32 Å². The zero-order valence-electron chi connectivity index (χ0n) is 10.5. The second-order valence-electron chi connectivity index (χ2n) is 4.11. The molecule has 102 valence electrons. The minimum absolute atomic E-state index is 0.147. The van der Waals surface area contributed by atoms with Crippen molar-refractivity contribution in [1.29, 1.82) is 0 Å². The molecule has 0 unspecified atom stereocenters. The van der Waals surface area contributed by atoms with Gasteiger partial charge in [-0.2, -0.15) is 0 Å². The molecule has 7 heteroatoms. The van der Waals surface area contributed by atoms with E-state index < -0.39 is 10.8 Å². The number of aromatic nitrogens is 1. The average molecular weight is 292 g/mol. The molecule has 1 aromatic carbocycles. The standard InChI is InChI=1S/C13H10ClN3O3/c1-8-5-11(12(14)15-7-8)16-13(18)9-3-2-4-10(6-9)17(19)20/h2-7H,1H3,(H,16,18). The zero-order chi connectivity index (χ0) is 14.7. The van der Waals surface area contributed by atoms with E-state index in [1.54, 1.807) is 12.3 Å². The van der Waals surface area contributed by atoms with Gasteiger partial charge in [-0.05, 0) is 24.6 Å². The number of hydrogen-bond donors (Lipinski definition) is 1. The molecule has 1 aromatic heterocycles. The number of hydrogen-bond acceptors (Lipinski definition) is 4. The lowest BCUT2D eigenvalue weighted by molar-refractivity contribution is -0.384. The fraction of sp³-hybridized carbons (Fsp3) is 0.0769. The van der Waals surface area contributed by atoms with Crippen LogP contribution < -0.4 is 5.32 Å². The predicted molar refractivity (Wildman–Crippen MR) is 75.0 cm³/mol. The number of benzene rings is 1. The van der Waals surface area contributed by atoms with E-state index in [9.17, 15) is 14.9 Å². The van der Waals surface area contributed by atoms with Crippen LogP contribution >= 0.6 is 11.6 Å². The van der Waals surface area contributed by atoms with Gasteiger partial charge in [0, 0.05) is 23.9 Å². The summed E-state index contributed by atoms with van der Waals surface area (Å²) in [5.74, 6) is -0.483. The number of carbonyl (C=O) groups is 1. The molecule has 2 aromatic rings. The van der Waals surface area contributed by atoms with Gasteiger partial charge in [-0.3, -0.25) is 14.9 Å². The van der Waals surface area contributed by atoms with Gasteiger partial charge in [0.05, 0.1) is 10.6 Å². The maximum absolute atomic E-state index is 12.0. The topological polar surface area (TPSA) is 85.1 Å². The summed E-state index contributed by atoms with van der Waals surface area (Å²) in [5.41, 5.74) is 1.23. The largest absolute Gasteiger partial charge is 0.319 e. The first kappa shape index (κ1) is 14.0. The number of rotatable bonds is 3. The Labute approximate surface area is 119 Å². The molecule has 1 heterocycles. The van der Waals surface area contributed by atoms with Crippen molar-refractivity contribution < 1.29 is 9.72 Å². The van der Waals surface area contributed by atoms with Crippen molar-refractivity contribution in [1.82, 2.24) is 4.98 Å². The normalized spacial score (nSPS) is 10.1. The van der Waals surface area contributed by atoms with Crippen LogP contribution in [0, 0.1) is 17.0 Å². The van der Waals surface area contributed by atoms with E-state index in [0.717, 1.165) is 5.56 Å². The molecule has 0 radical (unpaired) electrons. The molecule has 1 N–H and O–H groups in total. The smallest absolute Gasteiger partial charge is 0.270 e. The molecule has 0 saturated heterocycles. The number of nitro groups is 1. The van der Waals surface area contributed by atoms with Crippen LogP contribution in [-0.4, -0.2) is 15.8 Å². The second kappa shape index (κ2) is 5.66. The van der Waals surface area contributed by atoms with Crippen LogP contribution in [0.25, 0.3) is 0 Å². The Balaban J connectivity index is 2.26. The number of amides is 1. The Kier molecular flexibility index (Phi) is 3.95. The van der Waals surface area contributed by atoms with E-state index in [4.69, 9.17) is 11.6 Å². The number of nitrogens with zero attached hydrogens (tertiary/aromatic N) is 2. The predicted octanol–water partition coefficient (Wildman–Crippen LogP) is 3.20. The quantitative estimate of drug-likeness (QED) is 0.534. The highest BCUT2D eigenvalue weighted by molar-refractivity contribution is 6.32. The molecule has 0 atom stereocenters. The van der Waals surface area contributed by atoms with Gasteiger partial charge in [0.25, 0.3) is 11.6 Å². The minimum atomic E-state index is -0.558. The summed E-state index contributed by atoms with van der Waals surface area (Å²) in [6.07, 6.45) is 1.57. The number of aryl methyl sites for hydroxylation is 1. The summed E-state index contributed by atoms with van der Waals surface area (Å²) in [4.78, 5) is 26.1. The van der Waals surface area contributed by atoms with Gasteiger partial charge in [-0.1, -0.05) is 17.7 Å². The molecule has 0 aliphatic rings. The Bertz CT molecular complexity index is 688. The lowest BCUT2D eigenvalue weighted by Gasteiger charge is -2.07. The van der Waals surface area contributed by atoms with Crippen molar-refractivity contribution in [2.45, 2.75) is 6.92 Å². The van der Waals surface area contributed by atoms with Crippen molar-refractivity contribution >= 4 is 28.9 Å². The van der Waals surface area contributed by atoms with Crippen LogP contribution in [0.3, 0.4) is 0 Å². The van der Waals surface area contributed by atoms with Crippen LogP contribution in [0.5, 0.6) is 0 Å². The summed E-state index contributed by atoms with van der Waals surface area (Å²) in [6, 6.07) is 7.12. The first-order chi connectivity index (χ1) is 9.47. The number of anilines is 1. The third-order valence-electron chi connectivity index (χ3n) is 2.54. The Morgan fingerprint density at radius 3 is 2.85 bits per heavy atom. The lowest BCUT2D eigenvalue weighted by atomic mass is 10.2. The van der Waals surface area contributed by atoms with Crippen molar-refractivity contribution in [3.8, 4) is 0 Å². The number of pyridine rings is 1. The van der Waals surface area contributed by atoms with Crippen LogP contribution in [0.1, 0.15) is 15.9 Å². The monoisotopic (exact) mass is 291 g/mol. The fourth-order valence-corrected chi connectivity index (χ4v) is 1.75. The van der Waals surface area contributed by atoms with Gasteiger partial charge in [0.1, 0.15) is 0 Å². The van der Waals surface area contributed by atoms with E-state index in [2.05, 4.69) is 10.3 Å². The summed E-state index contributed by atoms with van der Waals surface area (Å²) in [7, 11) is 0. The van der Waals surface area contributed by atoms with E-state index >= 15 is 0 Å². The van der Waals surface area contributed by atoms with Crippen LogP contribution in [-0.2, 0) is 0 Å². The molecular weight excluding hydrogens is 282 g/mol. The van der Waals surface area contributed by atoms with Gasteiger partial charge >= 0.3 is 0 Å². The molecule has 2 rings (SSSR count). The van der Waals surface area contributed by atoms with E-state index in [-0.39, 0.29) is 16.4 Å². The first-order valence-corrected chi connectivity index (χ1v) is 6.03. The molecule has 0 spiro atoms. The Morgan fingerprint density at radius 1 is 1.40 bits per heavy atom. The molecule has 20 heavy (non-hydrogen) atoms. The minimum Gasteiger partial charge on any atom is -0.319 e. The lowest BCUT2D eigenvalue weighted by Crippen LogP contribution is -2.12. The number of nitro benzene ring substituents is 1. The molecule has 0 aliphatic carbocycles. The van der Waals surface area contributed by atoms with Crippen molar-refractivity contribution in [2.24, 2.45) is 0 Å². The molecular formula is C13H10ClN3O3. The van der Waals surface area contributed by atoms with Crippen molar-refractivity contribution in [3.05, 3.63) is 62.9 Å². The second-order valence-corrected chi connectivity index (χ2v) is 4.47.